The number of fused-ring (bicyclic) bond motifs is 1. The molecular formula is C15H20N2O4. The van der Waals surface area contributed by atoms with E-state index in [1.165, 1.54) is 0 Å². The number of amides is 1. The first-order chi connectivity index (χ1) is 9.80. The van der Waals surface area contributed by atoms with Crippen molar-refractivity contribution in [3.63, 3.8) is 0 Å². The number of ether oxygens (including phenoxy) is 1. The lowest BCUT2D eigenvalue weighted by Gasteiger charge is -2.28. The summed E-state index contributed by atoms with van der Waals surface area (Å²) < 4.78 is 5.53. The fraction of sp³-hybridized carbons (Fsp3) is 0.467. The largest absolute Gasteiger partial charge is 0.489 e. The van der Waals surface area contributed by atoms with Gasteiger partial charge in [0, 0.05) is 6.54 Å². The van der Waals surface area contributed by atoms with E-state index in [-0.39, 0.29) is 0 Å². The minimum Gasteiger partial charge on any atom is -0.489 e. The molecule has 0 bridgehead atoms. The van der Waals surface area contributed by atoms with E-state index in [0.717, 1.165) is 5.69 Å². The Kier molecular flexibility index (Phi) is 4.06. The van der Waals surface area contributed by atoms with Crippen molar-refractivity contribution in [1.82, 2.24) is 5.32 Å². The molecule has 1 aromatic carbocycles. The predicted molar refractivity (Wildman–Crippen MR) is 78.8 cm³/mol. The van der Waals surface area contributed by atoms with Crippen molar-refractivity contribution < 1.29 is 19.4 Å². The molecule has 21 heavy (non-hydrogen) atoms. The second-order valence-electron chi connectivity index (χ2n) is 6.07. The molecule has 114 valence electrons. The quantitative estimate of drug-likeness (QED) is 0.789. The van der Waals surface area contributed by atoms with Gasteiger partial charge in [0.1, 0.15) is 12.6 Å². The Bertz CT molecular complexity index is 563. The van der Waals surface area contributed by atoms with Crippen molar-refractivity contribution in [2.75, 3.05) is 18.5 Å². The van der Waals surface area contributed by atoms with Gasteiger partial charge in [-0.05, 0) is 17.5 Å². The summed E-state index contributed by atoms with van der Waals surface area (Å²) in [6, 6.07) is 4.21. The Morgan fingerprint density at radius 2 is 2.10 bits per heavy atom. The summed E-state index contributed by atoms with van der Waals surface area (Å²) in [7, 11) is 0. The van der Waals surface area contributed by atoms with E-state index in [1.807, 2.05) is 6.07 Å². The van der Waals surface area contributed by atoms with E-state index in [9.17, 15) is 14.7 Å². The van der Waals surface area contributed by atoms with Gasteiger partial charge < -0.3 is 20.5 Å². The van der Waals surface area contributed by atoms with Crippen molar-refractivity contribution in [3.05, 3.63) is 23.8 Å². The first-order valence-corrected chi connectivity index (χ1v) is 6.84. The van der Waals surface area contributed by atoms with Crippen molar-refractivity contribution >= 4 is 17.6 Å². The van der Waals surface area contributed by atoms with Crippen LogP contribution in [-0.4, -0.2) is 36.2 Å². The molecule has 0 unspecified atom stereocenters. The Labute approximate surface area is 123 Å². The van der Waals surface area contributed by atoms with Crippen LogP contribution < -0.4 is 15.4 Å². The molecule has 0 saturated heterocycles. The van der Waals surface area contributed by atoms with Gasteiger partial charge in [-0.1, -0.05) is 26.8 Å². The van der Waals surface area contributed by atoms with Crippen LogP contribution in [0.3, 0.4) is 0 Å². The molecule has 0 spiro atoms. The zero-order chi connectivity index (χ0) is 15.6. The molecule has 6 heteroatoms. The molecule has 1 aliphatic heterocycles. The van der Waals surface area contributed by atoms with Crippen LogP contribution in [0.4, 0.5) is 5.69 Å². The SMILES string of the molecule is CC(C)(C)[C@H](NC(=O)c1cccc2c1OCCN2)C(=O)O. The summed E-state index contributed by atoms with van der Waals surface area (Å²) in [5, 5.41) is 15.0. The number of hydrogen-bond donors (Lipinski definition) is 3. The molecule has 1 heterocycles. The molecule has 0 aliphatic carbocycles. The van der Waals surface area contributed by atoms with Gasteiger partial charge in [-0.3, -0.25) is 4.79 Å². The fourth-order valence-corrected chi connectivity index (χ4v) is 2.21. The molecule has 1 atom stereocenters. The third kappa shape index (κ3) is 3.26. The number of carboxylic acids is 1. The van der Waals surface area contributed by atoms with Gasteiger partial charge >= 0.3 is 5.97 Å². The summed E-state index contributed by atoms with van der Waals surface area (Å²) in [6.45, 7) is 6.45. The first-order valence-electron chi connectivity index (χ1n) is 6.84. The summed E-state index contributed by atoms with van der Waals surface area (Å²) in [5.74, 6) is -1.03. The maximum absolute atomic E-state index is 12.4. The molecule has 0 radical (unpaired) electrons. The summed E-state index contributed by atoms with van der Waals surface area (Å²) >= 11 is 0. The third-order valence-electron chi connectivity index (χ3n) is 3.31. The standard InChI is InChI=1S/C15H20N2O4/c1-15(2,3)12(14(19)20)17-13(18)9-5-4-6-10-11(9)21-8-7-16-10/h4-6,12,16H,7-8H2,1-3H3,(H,17,18)(H,19,20)/t12-/m1/s1. The highest BCUT2D eigenvalue weighted by atomic mass is 16.5. The molecule has 0 fully saturated rings. The normalized spacial score (nSPS) is 15.2. The number of aliphatic carboxylic acids is 1. The van der Waals surface area contributed by atoms with E-state index in [2.05, 4.69) is 10.6 Å². The molecular weight excluding hydrogens is 272 g/mol. The number of carbonyl (C=O) groups excluding carboxylic acids is 1. The van der Waals surface area contributed by atoms with Crippen LogP contribution in [0.1, 0.15) is 31.1 Å². The molecule has 1 amide bonds. The minimum absolute atomic E-state index is 0.343. The summed E-state index contributed by atoms with van der Waals surface area (Å²) in [6.07, 6.45) is 0. The lowest BCUT2D eigenvalue weighted by Crippen LogP contribution is -2.49. The smallest absolute Gasteiger partial charge is 0.326 e. The number of anilines is 1. The van der Waals surface area contributed by atoms with Gasteiger partial charge in [0.15, 0.2) is 5.75 Å². The van der Waals surface area contributed by atoms with Crippen LogP contribution in [0.25, 0.3) is 0 Å². The summed E-state index contributed by atoms with van der Waals surface area (Å²) in [5.41, 5.74) is 0.502. The van der Waals surface area contributed by atoms with Gasteiger partial charge in [0.25, 0.3) is 5.91 Å². The molecule has 0 aromatic heterocycles. The Morgan fingerprint density at radius 3 is 2.71 bits per heavy atom. The van der Waals surface area contributed by atoms with Gasteiger partial charge in [-0.2, -0.15) is 0 Å². The van der Waals surface area contributed by atoms with Crippen molar-refractivity contribution in [1.29, 1.82) is 0 Å². The Balaban J connectivity index is 2.26. The zero-order valence-electron chi connectivity index (χ0n) is 12.4. The van der Waals surface area contributed by atoms with Crippen molar-refractivity contribution in [3.8, 4) is 5.75 Å². The number of nitrogens with one attached hydrogen (secondary N) is 2. The maximum Gasteiger partial charge on any atom is 0.326 e. The van der Waals surface area contributed by atoms with Gasteiger partial charge in [-0.25, -0.2) is 4.79 Å². The number of hydrogen-bond acceptors (Lipinski definition) is 4. The van der Waals surface area contributed by atoms with Crippen molar-refractivity contribution in [2.24, 2.45) is 5.41 Å². The first kappa shape index (κ1) is 15.2. The molecule has 2 rings (SSSR count). The van der Waals surface area contributed by atoms with E-state index in [0.29, 0.717) is 24.5 Å². The van der Waals surface area contributed by atoms with Gasteiger partial charge in [-0.15, -0.1) is 0 Å². The maximum atomic E-state index is 12.4. The number of para-hydroxylation sites is 1. The molecule has 1 aromatic rings. The van der Waals surface area contributed by atoms with Crippen molar-refractivity contribution in [2.45, 2.75) is 26.8 Å². The monoisotopic (exact) mass is 292 g/mol. The van der Waals surface area contributed by atoms with E-state index in [4.69, 9.17) is 4.74 Å². The average Bonchev–Trinajstić information content (AvgIpc) is 2.42. The van der Waals surface area contributed by atoms with Crippen LogP contribution in [0.5, 0.6) is 5.75 Å². The average molecular weight is 292 g/mol. The van der Waals surface area contributed by atoms with Crippen LogP contribution in [0.2, 0.25) is 0 Å². The van der Waals surface area contributed by atoms with Crippen LogP contribution in [0, 0.1) is 5.41 Å². The zero-order valence-corrected chi connectivity index (χ0v) is 12.4. The molecule has 3 N–H and O–H groups in total. The highest BCUT2D eigenvalue weighted by Gasteiger charge is 2.33. The number of rotatable bonds is 3. The van der Waals surface area contributed by atoms with Crippen LogP contribution in [0.15, 0.2) is 18.2 Å². The fourth-order valence-electron chi connectivity index (χ4n) is 2.21. The van der Waals surface area contributed by atoms with Crippen LogP contribution >= 0.6 is 0 Å². The highest BCUT2D eigenvalue weighted by molar-refractivity contribution is 6.00. The second-order valence-corrected chi connectivity index (χ2v) is 6.07. The highest BCUT2D eigenvalue weighted by Crippen LogP contribution is 2.31. The Morgan fingerprint density at radius 1 is 1.38 bits per heavy atom. The second kappa shape index (κ2) is 5.63. The molecule has 1 aliphatic rings. The van der Waals surface area contributed by atoms with E-state index in [1.54, 1.807) is 32.9 Å². The van der Waals surface area contributed by atoms with E-state index < -0.39 is 23.3 Å². The minimum atomic E-state index is -1.06. The van der Waals surface area contributed by atoms with Gasteiger partial charge in [0.05, 0.1) is 11.3 Å². The lowest BCUT2D eigenvalue weighted by atomic mass is 9.86. The number of benzene rings is 1. The number of carbonyl (C=O) groups is 2. The third-order valence-corrected chi connectivity index (χ3v) is 3.31. The topological polar surface area (TPSA) is 87.7 Å². The van der Waals surface area contributed by atoms with Gasteiger partial charge in [0.2, 0.25) is 0 Å². The summed E-state index contributed by atoms with van der Waals surface area (Å²) in [4.78, 5) is 23.7. The Hall–Kier alpha value is -2.24. The molecule has 0 saturated carbocycles. The number of carboxylic acid groups (broad SMARTS) is 1. The van der Waals surface area contributed by atoms with Crippen LogP contribution in [-0.2, 0) is 4.79 Å². The molecule has 6 nitrogen and oxygen atoms in total. The van der Waals surface area contributed by atoms with E-state index >= 15 is 0 Å². The lowest BCUT2D eigenvalue weighted by molar-refractivity contribution is -0.142. The predicted octanol–water partition coefficient (Wildman–Crippen LogP) is 1.72.